The summed E-state index contributed by atoms with van der Waals surface area (Å²) < 4.78 is 17.1. The van der Waals surface area contributed by atoms with Gasteiger partial charge in [-0.1, -0.05) is 0 Å². The lowest BCUT2D eigenvalue weighted by Crippen LogP contribution is -2.54. The third kappa shape index (κ3) is 3.39. The Morgan fingerprint density at radius 3 is 1.37 bits per heavy atom. The van der Waals surface area contributed by atoms with Gasteiger partial charge in [0, 0.05) is 14.2 Å². The monoisotopic (exact) mass is 280 g/mol. The fourth-order valence-electron chi connectivity index (χ4n) is 0.965. The highest BCUT2D eigenvalue weighted by atomic mass is 16.7. The van der Waals surface area contributed by atoms with Crippen molar-refractivity contribution in [2.75, 3.05) is 27.8 Å². The summed E-state index contributed by atoms with van der Waals surface area (Å²) in [7, 11) is 2.22. The summed E-state index contributed by atoms with van der Waals surface area (Å²) in [6.07, 6.45) is 0. The lowest BCUT2D eigenvalue weighted by molar-refractivity contribution is -0.195. The van der Waals surface area contributed by atoms with Gasteiger partial charge in [0.25, 0.3) is 0 Å². The Morgan fingerprint density at radius 1 is 0.842 bits per heavy atom. The normalized spacial score (nSPS) is 10.6. The van der Waals surface area contributed by atoms with E-state index in [1.807, 2.05) is 0 Å². The van der Waals surface area contributed by atoms with Gasteiger partial charge < -0.3 is 29.2 Å². The predicted octanol–water partition coefficient (Wildman–Crippen LogP) is -1.56. The molecule has 0 fully saturated rings. The minimum Gasteiger partial charge on any atom is -0.480 e. The average Bonchev–Trinajstić information content (AvgIpc) is 2.33. The summed E-state index contributed by atoms with van der Waals surface area (Å²) in [4.78, 5) is 45.0. The van der Waals surface area contributed by atoms with Crippen molar-refractivity contribution >= 4 is 23.9 Å². The first-order valence-electron chi connectivity index (χ1n) is 4.64. The van der Waals surface area contributed by atoms with Crippen LogP contribution in [0.3, 0.4) is 0 Å². The lowest BCUT2D eigenvalue weighted by atomic mass is 9.88. The largest absolute Gasteiger partial charge is 0.480 e. The van der Waals surface area contributed by atoms with Gasteiger partial charge >= 0.3 is 29.3 Å². The molecule has 0 saturated carbocycles. The van der Waals surface area contributed by atoms with Crippen LogP contribution < -0.4 is 0 Å². The molecular weight excluding hydrogens is 268 g/mol. The maximum absolute atomic E-state index is 11.5. The van der Waals surface area contributed by atoms with Crippen molar-refractivity contribution < 1.29 is 48.3 Å². The number of carbonyl (C=O) groups is 4. The number of methoxy groups -OCH3 is 2. The molecule has 0 saturated heterocycles. The first kappa shape index (κ1) is 16.8. The number of carboxylic acid groups (broad SMARTS) is 2. The maximum atomic E-state index is 11.5. The molecule has 0 amide bonds. The second-order valence-corrected chi connectivity index (χ2v) is 3.04. The molecule has 0 aromatic rings. The molecule has 0 aromatic carbocycles. The molecule has 0 heterocycles. The van der Waals surface area contributed by atoms with E-state index in [0.29, 0.717) is 0 Å². The Morgan fingerprint density at radius 2 is 1.16 bits per heavy atom. The zero-order valence-electron chi connectivity index (χ0n) is 10.1. The Balaban J connectivity index is 5.43. The molecular formula is C9H12O10. The predicted molar refractivity (Wildman–Crippen MR) is 53.6 cm³/mol. The quantitative estimate of drug-likeness (QED) is 0.304. The number of hydrogen-bond donors (Lipinski definition) is 2. The van der Waals surface area contributed by atoms with Crippen LogP contribution in [0.4, 0.5) is 0 Å². The minimum absolute atomic E-state index is 0.724. The van der Waals surface area contributed by atoms with Crippen LogP contribution in [0.2, 0.25) is 0 Å². The number of ether oxygens (including phenoxy) is 4. The Labute approximate surface area is 106 Å². The number of carboxylic acids is 2. The van der Waals surface area contributed by atoms with Crippen molar-refractivity contribution in [3.8, 4) is 0 Å². The molecule has 0 rings (SSSR count). The third-order valence-corrected chi connectivity index (χ3v) is 1.87. The topological polar surface area (TPSA) is 146 Å². The van der Waals surface area contributed by atoms with E-state index in [1.165, 1.54) is 0 Å². The van der Waals surface area contributed by atoms with Crippen molar-refractivity contribution in [3.05, 3.63) is 0 Å². The molecule has 2 N–H and O–H groups in total. The molecule has 0 bridgehead atoms. The molecule has 0 aliphatic heterocycles. The van der Waals surface area contributed by atoms with Gasteiger partial charge in [-0.25, -0.2) is 19.2 Å². The molecule has 0 spiro atoms. The maximum Gasteiger partial charge on any atom is 0.355 e. The molecule has 0 aliphatic rings. The van der Waals surface area contributed by atoms with E-state index in [-0.39, 0.29) is 0 Å². The van der Waals surface area contributed by atoms with E-state index < -0.39 is 42.9 Å². The molecule has 0 aromatic heterocycles. The second kappa shape index (κ2) is 7.28. The third-order valence-electron chi connectivity index (χ3n) is 1.87. The summed E-state index contributed by atoms with van der Waals surface area (Å²) in [5.74, 6) is -8.17. The Kier molecular flexibility index (Phi) is 6.44. The van der Waals surface area contributed by atoms with Crippen LogP contribution >= 0.6 is 0 Å². The van der Waals surface area contributed by atoms with Crippen LogP contribution in [0.5, 0.6) is 0 Å². The summed E-state index contributed by atoms with van der Waals surface area (Å²) in [6.45, 7) is -1.45. The zero-order valence-corrected chi connectivity index (χ0v) is 10.1. The summed E-state index contributed by atoms with van der Waals surface area (Å²) in [5.41, 5.74) is -3.53. The van der Waals surface area contributed by atoms with E-state index >= 15 is 0 Å². The van der Waals surface area contributed by atoms with Gasteiger partial charge in [0.1, 0.15) is 0 Å². The fourth-order valence-corrected chi connectivity index (χ4v) is 0.965. The van der Waals surface area contributed by atoms with Gasteiger partial charge in [-0.2, -0.15) is 0 Å². The van der Waals surface area contributed by atoms with Crippen LogP contribution in [0.15, 0.2) is 0 Å². The molecule has 0 aliphatic carbocycles. The lowest BCUT2D eigenvalue weighted by Gasteiger charge is -2.20. The van der Waals surface area contributed by atoms with E-state index in [4.69, 9.17) is 10.2 Å². The highest BCUT2D eigenvalue weighted by Gasteiger charge is 2.64. The summed E-state index contributed by atoms with van der Waals surface area (Å²) in [6, 6.07) is 0. The highest BCUT2D eigenvalue weighted by molar-refractivity contribution is 6.32. The fraction of sp³-hybridized carbons (Fsp3) is 0.556. The molecule has 10 nitrogen and oxygen atoms in total. The zero-order chi connectivity index (χ0) is 15.1. The van der Waals surface area contributed by atoms with E-state index in [9.17, 15) is 19.2 Å². The van der Waals surface area contributed by atoms with Crippen molar-refractivity contribution in [2.45, 2.75) is 0 Å². The van der Waals surface area contributed by atoms with Gasteiger partial charge in [-0.3, -0.25) is 0 Å². The van der Waals surface area contributed by atoms with Gasteiger partial charge in [-0.05, 0) is 0 Å². The van der Waals surface area contributed by atoms with Gasteiger partial charge in [0.05, 0.1) is 0 Å². The van der Waals surface area contributed by atoms with Crippen molar-refractivity contribution in [1.29, 1.82) is 0 Å². The van der Waals surface area contributed by atoms with Crippen LogP contribution in [-0.2, 0) is 38.1 Å². The van der Waals surface area contributed by atoms with Crippen molar-refractivity contribution in [1.82, 2.24) is 0 Å². The second-order valence-electron chi connectivity index (χ2n) is 3.04. The van der Waals surface area contributed by atoms with Crippen molar-refractivity contribution in [2.24, 2.45) is 5.41 Å². The van der Waals surface area contributed by atoms with Crippen LogP contribution in [0, 0.1) is 5.41 Å². The standard InChI is InChI=1S/C9H12O10/c1-16-3-18-7(14)9(5(10)11,6(12)13)8(15)19-4-17-2/h3-4H2,1-2H3,(H,10,11)(H,12,13). The first-order valence-corrected chi connectivity index (χ1v) is 4.64. The first-order chi connectivity index (χ1) is 8.85. The van der Waals surface area contributed by atoms with Gasteiger partial charge in [0.2, 0.25) is 0 Å². The number of rotatable bonds is 8. The SMILES string of the molecule is COCOC(=O)C(C(=O)O)(C(=O)O)C(=O)OCOC. The average molecular weight is 280 g/mol. The number of esters is 2. The summed E-state index contributed by atoms with van der Waals surface area (Å²) in [5, 5.41) is 17.7. The minimum atomic E-state index is -3.53. The van der Waals surface area contributed by atoms with Gasteiger partial charge in [-0.15, -0.1) is 0 Å². The summed E-state index contributed by atoms with van der Waals surface area (Å²) >= 11 is 0. The number of carbonyl (C=O) groups excluding carboxylic acids is 2. The molecule has 19 heavy (non-hydrogen) atoms. The molecule has 0 atom stereocenters. The van der Waals surface area contributed by atoms with Crippen LogP contribution in [0.25, 0.3) is 0 Å². The highest BCUT2D eigenvalue weighted by Crippen LogP contribution is 2.23. The molecule has 108 valence electrons. The Bertz CT molecular complexity index is 337. The number of aliphatic carboxylic acids is 2. The molecule has 0 unspecified atom stereocenters. The smallest absolute Gasteiger partial charge is 0.355 e. The van der Waals surface area contributed by atoms with Gasteiger partial charge in [0.15, 0.2) is 13.6 Å². The van der Waals surface area contributed by atoms with E-state index in [1.54, 1.807) is 0 Å². The molecule has 0 radical (unpaired) electrons. The van der Waals surface area contributed by atoms with E-state index in [0.717, 1.165) is 14.2 Å². The van der Waals surface area contributed by atoms with E-state index in [2.05, 4.69) is 18.9 Å². The van der Waals surface area contributed by atoms with Crippen molar-refractivity contribution in [3.63, 3.8) is 0 Å². The number of hydrogen-bond acceptors (Lipinski definition) is 8. The van der Waals surface area contributed by atoms with Crippen LogP contribution in [0.1, 0.15) is 0 Å². The molecule has 10 heteroatoms. The Hall–Kier alpha value is -2.20. The van der Waals surface area contributed by atoms with Crippen LogP contribution in [-0.4, -0.2) is 61.9 Å².